The number of fused-ring (bicyclic) bond motifs is 4. The van der Waals surface area contributed by atoms with E-state index >= 15 is 0 Å². The molecule has 10 nitrogen and oxygen atoms in total. The molecule has 0 N–H and O–H groups in total. The van der Waals surface area contributed by atoms with E-state index in [2.05, 4.69) is 29.9 Å². The van der Waals surface area contributed by atoms with Gasteiger partial charge in [0.2, 0.25) is 0 Å². The van der Waals surface area contributed by atoms with Crippen molar-refractivity contribution in [3.05, 3.63) is 65.9 Å². The molecule has 0 bridgehead atoms. The fourth-order valence-corrected chi connectivity index (χ4v) is 7.66. The van der Waals surface area contributed by atoms with E-state index < -0.39 is 11.4 Å². The van der Waals surface area contributed by atoms with Crippen LogP contribution in [0.1, 0.15) is 142 Å². The van der Waals surface area contributed by atoms with Crippen LogP contribution in [0, 0.1) is 0 Å². The number of nitrogens with zero attached hydrogens (tertiary/aromatic N) is 6. The number of rotatable bonds is 22. The fourth-order valence-electron chi connectivity index (χ4n) is 7.66. The molecule has 1 aromatic rings. The maximum absolute atomic E-state index is 13.4. The van der Waals surface area contributed by atoms with Crippen LogP contribution in [0.5, 0.6) is 0 Å². The topological polar surface area (TPSA) is 114 Å². The number of aromatic nitrogens is 6. The van der Waals surface area contributed by atoms with E-state index in [-0.39, 0.29) is 11.1 Å². The average Bonchev–Trinajstić information content (AvgIpc) is 3.14. The van der Waals surface area contributed by atoms with E-state index in [1.165, 1.54) is 104 Å². The van der Waals surface area contributed by atoms with Crippen molar-refractivity contribution in [1.82, 2.24) is 28.2 Å². The van der Waals surface area contributed by atoms with Gasteiger partial charge in [-0.15, -0.1) is 0 Å². The predicted octanol–water partition coefficient (Wildman–Crippen LogP) is 8.56. The Morgan fingerprint density at radius 2 is 0.769 bits per heavy atom. The van der Waals surface area contributed by atoms with Crippen LogP contribution in [-0.4, -0.2) is 28.2 Å². The van der Waals surface area contributed by atoms with Gasteiger partial charge in [-0.25, -0.2) is 9.59 Å². The van der Waals surface area contributed by atoms with Crippen molar-refractivity contribution in [2.45, 2.75) is 155 Å². The Balaban J connectivity index is 1.48. The molecule has 0 aromatic heterocycles. The molecule has 1 aromatic carbocycles. The zero-order valence-corrected chi connectivity index (χ0v) is 32.2. The van der Waals surface area contributed by atoms with Crippen molar-refractivity contribution in [3.63, 3.8) is 0 Å². The zero-order chi connectivity index (χ0) is 37.0. The van der Waals surface area contributed by atoms with Crippen molar-refractivity contribution < 1.29 is 0 Å². The minimum absolute atomic E-state index is 0.371. The molecule has 0 fully saturated rings. The first-order valence-corrected chi connectivity index (χ1v) is 20.3. The smallest absolute Gasteiger partial charge is 0.325 e. The number of aryl methyl sites for hydroxylation is 2. The van der Waals surface area contributed by atoms with Gasteiger partial charge in [-0.3, -0.25) is 18.7 Å². The van der Waals surface area contributed by atoms with E-state index in [9.17, 15) is 19.2 Å². The molecule has 0 saturated carbocycles. The van der Waals surface area contributed by atoms with Gasteiger partial charge in [0.15, 0.2) is 11.6 Å². The molecular weight excluding hydrogens is 652 g/mol. The molecule has 0 atom stereocenters. The molecule has 0 spiro atoms. The van der Waals surface area contributed by atoms with Crippen LogP contribution in [0.3, 0.4) is 0 Å². The second kappa shape index (κ2) is 19.1. The molecule has 10 heteroatoms. The molecule has 4 aliphatic rings. The summed E-state index contributed by atoms with van der Waals surface area (Å²) in [6, 6.07) is 7.73. The summed E-state index contributed by atoms with van der Waals surface area (Å²) < 4.78 is 6.18. The Kier molecular flexibility index (Phi) is 14.4. The minimum Gasteiger partial charge on any atom is -0.325 e. The van der Waals surface area contributed by atoms with Gasteiger partial charge in [0.1, 0.15) is 0 Å². The van der Waals surface area contributed by atoms with Crippen LogP contribution >= 0.6 is 0 Å². The minimum atomic E-state index is -0.570. The lowest BCUT2D eigenvalue weighted by Crippen LogP contribution is -2.36. The molecule has 0 amide bonds. The first-order chi connectivity index (χ1) is 25.3. The maximum Gasteiger partial charge on any atom is 0.352 e. The SMILES string of the molecule is CCCCCCCCCCCCn1c2nc(=O)n(C)c(=O)c-2cc2cc3cc4c(=O)n(C)c(=O)nc-4n(CCCCCCCCCCCC)c3cc21. The molecule has 52 heavy (non-hydrogen) atoms. The molecule has 4 heterocycles. The summed E-state index contributed by atoms with van der Waals surface area (Å²) in [7, 11) is 2.92. The molecule has 4 aliphatic heterocycles. The summed E-state index contributed by atoms with van der Waals surface area (Å²) in [4.78, 5) is 61.2. The molecule has 282 valence electrons. The van der Waals surface area contributed by atoms with Gasteiger partial charge in [0, 0.05) is 27.2 Å². The fraction of sp³-hybridized carbons (Fsp3) is 0.619. The van der Waals surface area contributed by atoms with Crippen LogP contribution in [0.2, 0.25) is 0 Å². The van der Waals surface area contributed by atoms with Gasteiger partial charge in [0.05, 0.1) is 22.2 Å². The molecule has 5 rings (SSSR count). The third-order valence-electron chi connectivity index (χ3n) is 10.9. The van der Waals surface area contributed by atoms with Crippen molar-refractivity contribution in [2.75, 3.05) is 0 Å². The summed E-state index contributed by atoms with van der Waals surface area (Å²) in [6.07, 6.45) is 24.1. The lowest BCUT2D eigenvalue weighted by atomic mass is 10.0. The van der Waals surface area contributed by atoms with Gasteiger partial charge < -0.3 is 9.13 Å². The van der Waals surface area contributed by atoms with E-state index in [1.54, 1.807) is 0 Å². The summed E-state index contributed by atoms with van der Waals surface area (Å²) >= 11 is 0. The van der Waals surface area contributed by atoms with E-state index in [0.29, 0.717) is 35.9 Å². The summed E-state index contributed by atoms with van der Waals surface area (Å²) in [6.45, 7) is 5.72. The third-order valence-corrected chi connectivity index (χ3v) is 10.9. The maximum atomic E-state index is 13.4. The largest absolute Gasteiger partial charge is 0.352 e. The molecular formula is C42H60N6O4. The second-order valence-electron chi connectivity index (χ2n) is 14.9. The number of hydrogen-bond donors (Lipinski definition) is 0. The highest BCUT2D eigenvalue weighted by atomic mass is 16.2. The third kappa shape index (κ3) is 9.28. The van der Waals surface area contributed by atoms with Crippen LogP contribution < -0.4 is 22.5 Å². The van der Waals surface area contributed by atoms with Crippen molar-refractivity contribution in [2.24, 2.45) is 14.1 Å². The van der Waals surface area contributed by atoms with Gasteiger partial charge in [-0.2, -0.15) is 9.97 Å². The van der Waals surface area contributed by atoms with Crippen molar-refractivity contribution in [1.29, 1.82) is 0 Å². The molecule has 0 unspecified atom stereocenters. The van der Waals surface area contributed by atoms with E-state index in [4.69, 9.17) is 0 Å². The van der Waals surface area contributed by atoms with Crippen molar-refractivity contribution >= 4 is 21.8 Å². The Hall–Kier alpha value is -4.08. The normalized spacial score (nSPS) is 11.9. The number of unbranched alkanes of at least 4 members (excludes halogenated alkanes) is 18. The second-order valence-corrected chi connectivity index (χ2v) is 14.9. The van der Waals surface area contributed by atoms with Gasteiger partial charge in [-0.1, -0.05) is 129 Å². The Morgan fingerprint density at radius 3 is 1.12 bits per heavy atom. The average molecular weight is 713 g/mol. The predicted molar refractivity (Wildman–Crippen MR) is 213 cm³/mol. The lowest BCUT2D eigenvalue weighted by Gasteiger charge is -2.22. The van der Waals surface area contributed by atoms with Gasteiger partial charge >= 0.3 is 11.4 Å². The highest BCUT2D eigenvalue weighted by molar-refractivity contribution is 5.99. The van der Waals surface area contributed by atoms with Crippen LogP contribution in [0.4, 0.5) is 0 Å². The Bertz CT molecular complexity index is 1960. The Labute approximate surface area is 307 Å². The van der Waals surface area contributed by atoms with Crippen LogP contribution in [0.25, 0.3) is 44.6 Å². The van der Waals surface area contributed by atoms with E-state index in [0.717, 1.165) is 69.5 Å². The van der Waals surface area contributed by atoms with Crippen molar-refractivity contribution in [3.8, 4) is 22.8 Å². The first-order valence-electron chi connectivity index (χ1n) is 20.3. The standard InChI is InChI=1S/C42H60N6O4/c1-5-7-9-11-13-15-17-19-21-23-25-47-35-30-36-32(27-31(35)28-33-37(47)43-41(51)45(3)39(33)49)29-34-38(44-42(52)46(4)40(34)50)48(36)26-24-22-20-18-16-14-12-10-8-6-2/h27-30H,5-26H2,1-4H3. The highest BCUT2D eigenvalue weighted by Gasteiger charge is 2.22. The summed E-state index contributed by atoms with van der Waals surface area (Å²) in [5, 5.41) is 1.67. The molecule has 0 radical (unpaired) electrons. The van der Waals surface area contributed by atoms with Gasteiger partial charge in [-0.05, 0) is 47.9 Å². The lowest BCUT2D eigenvalue weighted by molar-refractivity contribution is 0.536. The Morgan fingerprint density at radius 1 is 0.442 bits per heavy atom. The quantitative estimate of drug-likeness (QED) is 0.0525. The summed E-state index contributed by atoms with van der Waals surface area (Å²) in [5.74, 6) is 0.790. The number of pyridine rings is 2. The summed E-state index contributed by atoms with van der Waals surface area (Å²) in [5.41, 5.74) is 0.631. The van der Waals surface area contributed by atoms with E-state index in [1.807, 2.05) is 27.3 Å². The van der Waals surface area contributed by atoms with Crippen LogP contribution in [0.15, 0.2) is 43.4 Å². The highest BCUT2D eigenvalue weighted by Crippen LogP contribution is 2.32. The molecule has 0 saturated heterocycles. The van der Waals surface area contributed by atoms with Crippen LogP contribution in [-0.2, 0) is 27.2 Å². The first kappa shape index (κ1) is 39.1. The van der Waals surface area contributed by atoms with Gasteiger partial charge in [0.25, 0.3) is 11.1 Å². The number of benzene rings is 1. The number of hydrogen-bond acceptors (Lipinski definition) is 6. The molecule has 0 aliphatic carbocycles. The zero-order valence-electron chi connectivity index (χ0n) is 32.2. The monoisotopic (exact) mass is 712 g/mol.